The van der Waals surface area contributed by atoms with Gasteiger partial charge in [-0.3, -0.25) is 9.98 Å². The van der Waals surface area contributed by atoms with Gasteiger partial charge in [0, 0.05) is 23.6 Å². The van der Waals surface area contributed by atoms with Crippen LogP contribution < -0.4 is 0 Å². The largest absolute Gasteiger partial charge is 0.254 e. The van der Waals surface area contributed by atoms with E-state index in [-0.39, 0.29) is 0 Å². The third-order valence-corrected chi connectivity index (χ3v) is 7.76. The summed E-state index contributed by atoms with van der Waals surface area (Å²) >= 11 is 0. The minimum atomic E-state index is 0.425. The minimum absolute atomic E-state index is 0.425. The lowest BCUT2D eigenvalue weighted by Crippen LogP contribution is -1.97. The van der Waals surface area contributed by atoms with Crippen LogP contribution in [0.25, 0.3) is 22.3 Å². The monoisotopic (exact) mass is 528 g/mol. The highest BCUT2D eigenvalue weighted by Crippen LogP contribution is 2.41. The molecule has 0 spiro atoms. The summed E-state index contributed by atoms with van der Waals surface area (Å²) in [6, 6.07) is 22.2. The molecule has 0 aliphatic rings. The lowest BCUT2D eigenvalue weighted by atomic mass is 9.87. The second kappa shape index (κ2) is 12.2. The fourth-order valence-electron chi connectivity index (χ4n) is 5.94. The van der Waals surface area contributed by atoms with Gasteiger partial charge in [0.05, 0.1) is 11.4 Å². The molecule has 0 saturated heterocycles. The Morgan fingerprint density at radius 1 is 0.500 bits per heavy atom. The average molecular weight is 529 g/mol. The van der Waals surface area contributed by atoms with E-state index >= 15 is 0 Å². The molecule has 0 N–H and O–H groups in total. The van der Waals surface area contributed by atoms with Crippen LogP contribution in [-0.2, 0) is 0 Å². The molecule has 4 aromatic carbocycles. The highest BCUT2D eigenvalue weighted by Gasteiger charge is 2.17. The van der Waals surface area contributed by atoms with Crippen LogP contribution in [0.2, 0.25) is 0 Å². The summed E-state index contributed by atoms with van der Waals surface area (Å²) in [6.45, 7) is 22.1. The Hall–Kier alpha value is -3.78. The Labute approximate surface area is 242 Å². The van der Waals surface area contributed by atoms with Crippen molar-refractivity contribution >= 4 is 23.8 Å². The molecule has 0 radical (unpaired) electrons. The molecule has 0 atom stereocenters. The number of rotatable bonds is 7. The summed E-state index contributed by atoms with van der Waals surface area (Å²) < 4.78 is 0. The van der Waals surface area contributed by atoms with Gasteiger partial charge < -0.3 is 0 Å². The quantitative estimate of drug-likeness (QED) is 0.213. The number of hydrogen-bond acceptors (Lipinski definition) is 2. The zero-order chi connectivity index (χ0) is 29.1. The number of hydrogen-bond donors (Lipinski definition) is 0. The molecule has 0 unspecified atom stereocenters. The normalized spacial score (nSPS) is 12.0. The van der Waals surface area contributed by atoms with Crippen molar-refractivity contribution < 1.29 is 0 Å². The van der Waals surface area contributed by atoms with Crippen molar-refractivity contribution in [3.63, 3.8) is 0 Å². The zero-order valence-corrected chi connectivity index (χ0v) is 26.0. The van der Waals surface area contributed by atoms with Crippen LogP contribution >= 0.6 is 0 Å². The van der Waals surface area contributed by atoms with E-state index in [0.29, 0.717) is 11.8 Å². The lowest BCUT2D eigenvalue weighted by molar-refractivity contribution is 0.867. The van der Waals surface area contributed by atoms with Gasteiger partial charge in [-0.1, -0.05) is 87.4 Å². The number of benzene rings is 4. The molecule has 0 aliphatic heterocycles. The molecular formula is C38H44N2. The van der Waals surface area contributed by atoms with Gasteiger partial charge in [0.1, 0.15) is 0 Å². The van der Waals surface area contributed by atoms with Crippen molar-refractivity contribution in [3.05, 3.63) is 105 Å². The van der Waals surface area contributed by atoms with Crippen LogP contribution in [0.4, 0.5) is 11.4 Å². The van der Waals surface area contributed by atoms with Crippen molar-refractivity contribution in [1.82, 2.24) is 0 Å². The predicted octanol–water partition coefficient (Wildman–Crippen LogP) is 11.2. The maximum absolute atomic E-state index is 5.02. The van der Waals surface area contributed by atoms with E-state index in [1.807, 2.05) is 12.4 Å². The van der Waals surface area contributed by atoms with E-state index in [4.69, 9.17) is 9.98 Å². The molecule has 206 valence electrons. The maximum Gasteiger partial charge on any atom is 0.0738 e. The maximum atomic E-state index is 5.02. The van der Waals surface area contributed by atoms with Crippen LogP contribution in [0.3, 0.4) is 0 Å². The van der Waals surface area contributed by atoms with Crippen molar-refractivity contribution in [3.8, 4) is 22.3 Å². The third kappa shape index (κ3) is 6.02. The fourth-order valence-corrected chi connectivity index (χ4v) is 5.94. The highest BCUT2D eigenvalue weighted by molar-refractivity contribution is 6.18. The first-order valence-corrected chi connectivity index (χ1v) is 14.5. The van der Waals surface area contributed by atoms with Gasteiger partial charge in [0.25, 0.3) is 0 Å². The summed E-state index contributed by atoms with van der Waals surface area (Å²) in [5.74, 6) is 0.850. The number of aliphatic imine (C=N–C) groups is 2. The SMILES string of the molecule is Cc1cc(C)c(N=CC=Nc2c(C)cc(C)cc2-c2c(C)cccc2C(C)C)c(-c2c(C)cccc2C(C)C)c1. The molecule has 40 heavy (non-hydrogen) atoms. The van der Waals surface area contributed by atoms with Gasteiger partial charge in [-0.25, -0.2) is 0 Å². The molecule has 2 heteroatoms. The zero-order valence-electron chi connectivity index (χ0n) is 26.0. The summed E-state index contributed by atoms with van der Waals surface area (Å²) in [7, 11) is 0. The summed E-state index contributed by atoms with van der Waals surface area (Å²) in [6.07, 6.45) is 3.72. The topological polar surface area (TPSA) is 24.7 Å². The first-order valence-electron chi connectivity index (χ1n) is 14.5. The van der Waals surface area contributed by atoms with E-state index in [9.17, 15) is 0 Å². The molecule has 4 rings (SSSR count). The average Bonchev–Trinajstić information content (AvgIpc) is 2.87. The van der Waals surface area contributed by atoms with Crippen molar-refractivity contribution in [2.75, 3.05) is 0 Å². The predicted molar refractivity (Wildman–Crippen MR) is 177 cm³/mol. The Bertz CT molecular complexity index is 1480. The van der Waals surface area contributed by atoms with E-state index in [1.54, 1.807) is 0 Å². The minimum Gasteiger partial charge on any atom is -0.254 e. The number of nitrogens with zero attached hydrogens (tertiary/aromatic N) is 2. The van der Waals surface area contributed by atoms with Gasteiger partial charge in [0.2, 0.25) is 0 Å². The van der Waals surface area contributed by atoms with E-state index < -0.39 is 0 Å². The Kier molecular flexibility index (Phi) is 8.88. The Morgan fingerprint density at radius 2 is 0.875 bits per heavy atom. The van der Waals surface area contributed by atoms with E-state index in [2.05, 4.69) is 130 Å². The summed E-state index contributed by atoms with van der Waals surface area (Å²) in [4.78, 5) is 10.0. The molecule has 4 aromatic rings. The standard InChI is InChI=1S/C38H44N2/c1-23(2)31-15-11-13-27(7)35(31)33-21-25(5)19-29(9)37(33)39-17-18-40-38-30(10)20-26(6)22-34(38)36-28(8)14-12-16-32(36)24(3)4/h11-24H,1-10H3. The molecule has 0 aromatic heterocycles. The van der Waals surface area contributed by atoms with E-state index in [0.717, 1.165) is 11.4 Å². The van der Waals surface area contributed by atoms with Gasteiger partial charge in [-0.2, -0.15) is 0 Å². The molecule has 0 fully saturated rings. The second-order valence-electron chi connectivity index (χ2n) is 11.9. The molecular weight excluding hydrogens is 484 g/mol. The smallest absolute Gasteiger partial charge is 0.0738 e. The molecule has 0 amide bonds. The van der Waals surface area contributed by atoms with E-state index in [1.165, 1.54) is 66.8 Å². The molecule has 0 saturated carbocycles. The van der Waals surface area contributed by atoms with Gasteiger partial charge in [0.15, 0.2) is 0 Å². The first-order chi connectivity index (χ1) is 19.0. The Morgan fingerprint density at radius 3 is 1.23 bits per heavy atom. The van der Waals surface area contributed by atoms with Gasteiger partial charge >= 0.3 is 0 Å². The third-order valence-electron chi connectivity index (χ3n) is 7.76. The number of aryl methyl sites for hydroxylation is 6. The van der Waals surface area contributed by atoms with Crippen molar-refractivity contribution in [2.24, 2.45) is 9.98 Å². The second-order valence-corrected chi connectivity index (χ2v) is 11.9. The first kappa shape index (κ1) is 29.2. The molecule has 2 nitrogen and oxygen atoms in total. The lowest BCUT2D eigenvalue weighted by Gasteiger charge is -2.19. The Balaban J connectivity index is 1.82. The molecule has 0 aliphatic carbocycles. The fraction of sp³-hybridized carbons (Fsp3) is 0.316. The van der Waals surface area contributed by atoms with Crippen LogP contribution in [0, 0.1) is 41.5 Å². The molecule has 0 bridgehead atoms. The van der Waals surface area contributed by atoms with Crippen LogP contribution in [-0.4, -0.2) is 12.4 Å². The van der Waals surface area contributed by atoms with Crippen molar-refractivity contribution in [2.45, 2.75) is 81.1 Å². The van der Waals surface area contributed by atoms with Crippen LogP contribution in [0.15, 0.2) is 70.6 Å². The summed E-state index contributed by atoms with van der Waals surface area (Å²) in [5, 5.41) is 0. The van der Waals surface area contributed by atoms with Crippen molar-refractivity contribution in [1.29, 1.82) is 0 Å². The summed E-state index contributed by atoms with van der Waals surface area (Å²) in [5.41, 5.74) is 17.1. The van der Waals surface area contributed by atoms with Crippen LogP contribution in [0.5, 0.6) is 0 Å². The van der Waals surface area contributed by atoms with Gasteiger partial charge in [-0.05, 0) is 110 Å². The highest BCUT2D eigenvalue weighted by atomic mass is 14.8. The van der Waals surface area contributed by atoms with Gasteiger partial charge in [-0.15, -0.1) is 0 Å². The molecule has 0 heterocycles. The van der Waals surface area contributed by atoms with Crippen LogP contribution in [0.1, 0.15) is 84.0 Å².